The Labute approximate surface area is 271 Å². The summed E-state index contributed by atoms with van der Waals surface area (Å²) in [6.07, 6.45) is 0.870. The van der Waals surface area contributed by atoms with Crippen LogP contribution in [0.4, 0.5) is 24.7 Å². The maximum atomic E-state index is 14.7. The van der Waals surface area contributed by atoms with Gasteiger partial charge in [0.15, 0.2) is 5.83 Å². The van der Waals surface area contributed by atoms with E-state index in [-0.39, 0.29) is 43.3 Å². The summed E-state index contributed by atoms with van der Waals surface area (Å²) >= 11 is 6.47. The maximum Gasteiger partial charge on any atom is 0.318 e. The van der Waals surface area contributed by atoms with Crippen molar-refractivity contribution >= 4 is 39.8 Å². The third-order valence-corrected chi connectivity index (χ3v) is 9.49. The van der Waals surface area contributed by atoms with Crippen molar-refractivity contribution in [2.75, 3.05) is 62.7 Å². The first kappa shape index (κ1) is 31.9. The van der Waals surface area contributed by atoms with Gasteiger partial charge >= 0.3 is 6.01 Å². The van der Waals surface area contributed by atoms with E-state index >= 15 is 0 Å². The zero-order valence-electron chi connectivity index (χ0n) is 25.8. The van der Waals surface area contributed by atoms with Crippen LogP contribution < -0.4 is 14.5 Å². The molecule has 13 heteroatoms. The van der Waals surface area contributed by atoms with E-state index in [2.05, 4.69) is 16.3 Å². The van der Waals surface area contributed by atoms with E-state index in [4.69, 9.17) is 32.9 Å². The largest absolute Gasteiger partial charge is 0.462 e. The Kier molecular flexibility index (Phi) is 8.74. The standard InChI is InChI=1S/C33H35ClF3N7O2/c1-20(35)31(45)44-13-12-43(16-23(44)15-38-3)30-24-10-11-42(27-7-5-6-21-8-9-25(36)29(34)28(21)27)17-26(24)39-32(40-30)46-18-22-14-33(2,37)19-41(22)4/h5-9,22-23H,1,10-19H2,2,4H3/t22-,23-,33?/m0/s1. The molecule has 0 spiro atoms. The second kappa shape index (κ2) is 12.6. The van der Waals surface area contributed by atoms with Crippen LogP contribution in [0.1, 0.15) is 24.6 Å². The quantitative estimate of drug-likeness (QED) is 0.256. The van der Waals surface area contributed by atoms with E-state index < -0.39 is 29.3 Å². The van der Waals surface area contributed by atoms with E-state index in [9.17, 15) is 18.0 Å². The minimum Gasteiger partial charge on any atom is -0.462 e. The van der Waals surface area contributed by atoms with Gasteiger partial charge in [0.2, 0.25) is 6.54 Å². The second-order valence-corrected chi connectivity index (χ2v) is 12.9. The summed E-state index contributed by atoms with van der Waals surface area (Å²) in [6, 6.07) is 8.17. The van der Waals surface area contributed by atoms with E-state index in [1.54, 1.807) is 13.0 Å². The van der Waals surface area contributed by atoms with Gasteiger partial charge in [0.05, 0.1) is 17.3 Å². The predicted molar refractivity (Wildman–Crippen MR) is 171 cm³/mol. The Balaban J connectivity index is 1.35. The van der Waals surface area contributed by atoms with Gasteiger partial charge in [-0.25, -0.2) is 19.7 Å². The minimum absolute atomic E-state index is 0.00561. The summed E-state index contributed by atoms with van der Waals surface area (Å²) in [7, 11) is 1.86. The van der Waals surface area contributed by atoms with Crippen molar-refractivity contribution in [2.24, 2.45) is 0 Å². The molecule has 3 aromatic rings. The number of piperazine rings is 1. The molecular formula is C33H35ClF3N7O2. The number of fused-ring (bicyclic) bond motifs is 2. The Hall–Kier alpha value is -4.08. The number of benzene rings is 2. The molecule has 1 aromatic heterocycles. The molecule has 0 aliphatic carbocycles. The first-order valence-electron chi connectivity index (χ1n) is 15.2. The van der Waals surface area contributed by atoms with Gasteiger partial charge in [0.25, 0.3) is 5.91 Å². The lowest BCUT2D eigenvalue weighted by Crippen LogP contribution is -2.57. The fourth-order valence-corrected chi connectivity index (χ4v) is 7.19. The van der Waals surface area contributed by atoms with E-state index in [0.29, 0.717) is 55.9 Å². The van der Waals surface area contributed by atoms with Crippen LogP contribution in [0.3, 0.4) is 0 Å². The molecule has 2 aromatic carbocycles. The highest BCUT2D eigenvalue weighted by molar-refractivity contribution is 6.36. The summed E-state index contributed by atoms with van der Waals surface area (Å²) in [6.45, 7) is 14.4. The predicted octanol–water partition coefficient (Wildman–Crippen LogP) is 5.22. The summed E-state index contributed by atoms with van der Waals surface area (Å²) in [5.74, 6) is -1.75. The van der Waals surface area contributed by atoms with Gasteiger partial charge in [-0.1, -0.05) is 36.4 Å². The van der Waals surface area contributed by atoms with Crippen LogP contribution >= 0.6 is 11.6 Å². The van der Waals surface area contributed by atoms with Crippen LogP contribution in [0, 0.1) is 12.4 Å². The van der Waals surface area contributed by atoms with Gasteiger partial charge < -0.3 is 24.3 Å². The number of amides is 1. The molecule has 0 N–H and O–H groups in total. The lowest BCUT2D eigenvalue weighted by Gasteiger charge is -2.41. The summed E-state index contributed by atoms with van der Waals surface area (Å²) in [5.41, 5.74) is 1.07. The van der Waals surface area contributed by atoms with Crippen LogP contribution in [0.2, 0.25) is 5.02 Å². The number of nitrogens with zero attached hydrogens (tertiary/aromatic N) is 7. The van der Waals surface area contributed by atoms with Gasteiger partial charge in [-0.3, -0.25) is 9.69 Å². The van der Waals surface area contributed by atoms with Crippen molar-refractivity contribution in [3.63, 3.8) is 0 Å². The van der Waals surface area contributed by atoms with Crippen molar-refractivity contribution in [2.45, 2.75) is 44.1 Å². The number of likely N-dealkylation sites (tertiary alicyclic amines) is 1. The summed E-state index contributed by atoms with van der Waals surface area (Å²) in [5, 5.41) is 1.49. The van der Waals surface area contributed by atoms with Gasteiger partial charge in [0, 0.05) is 61.8 Å². The highest BCUT2D eigenvalue weighted by Crippen LogP contribution is 2.38. The molecule has 2 saturated heterocycles. The van der Waals surface area contributed by atoms with Gasteiger partial charge in [-0.15, -0.1) is 0 Å². The summed E-state index contributed by atoms with van der Waals surface area (Å²) < 4.78 is 49.2. The SMILES string of the molecule is [C-]#[N+]C[C@H]1CN(c2nc(OC[C@@H]3CC(C)(F)CN3C)nc3c2CCN(c2cccc4ccc(F)c(Cl)c24)C3)CCN1C(=O)C(=C)F. The Morgan fingerprint density at radius 1 is 1.20 bits per heavy atom. The summed E-state index contributed by atoms with van der Waals surface area (Å²) in [4.78, 5) is 33.0. The lowest BCUT2D eigenvalue weighted by atomic mass is 10.0. The van der Waals surface area contributed by atoms with Crippen molar-refractivity contribution in [1.29, 1.82) is 0 Å². The molecule has 3 aliphatic rings. The highest BCUT2D eigenvalue weighted by Gasteiger charge is 2.40. The molecule has 1 amide bonds. The molecule has 3 atom stereocenters. The van der Waals surface area contributed by atoms with Crippen LogP contribution in [-0.2, 0) is 17.8 Å². The zero-order chi connectivity index (χ0) is 32.7. The number of carbonyl (C=O) groups excluding carboxylic acids is 1. The highest BCUT2D eigenvalue weighted by atomic mass is 35.5. The normalized spacial score (nSPS) is 23.4. The molecule has 4 heterocycles. The van der Waals surface area contributed by atoms with E-state index in [1.807, 2.05) is 35.0 Å². The smallest absolute Gasteiger partial charge is 0.318 e. The lowest BCUT2D eigenvalue weighted by molar-refractivity contribution is -0.131. The van der Waals surface area contributed by atoms with E-state index in [0.717, 1.165) is 16.6 Å². The number of anilines is 2. The maximum absolute atomic E-state index is 14.7. The Morgan fingerprint density at radius 3 is 2.72 bits per heavy atom. The number of ether oxygens (including phenoxy) is 1. The van der Waals surface area contributed by atoms with Crippen LogP contribution in [0.25, 0.3) is 15.6 Å². The molecule has 46 heavy (non-hydrogen) atoms. The molecular weight excluding hydrogens is 619 g/mol. The van der Waals surface area contributed by atoms with Crippen LogP contribution in [0.15, 0.2) is 42.7 Å². The van der Waals surface area contributed by atoms with Crippen LogP contribution in [0.5, 0.6) is 6.01 Å². The first-order chi connectivity index (χ1) is 22.0. The molecule has 242 valence electrons. The number of halogens is 4. The van der Waals surface area contributed by atoms with Gasteiger partial charge in [-0.2, -0.15) is 9.97 Å². The third-order valence-electron chi connectivity index (χ3n) is 9.12. The zero-order valence-corrected chi connectivity index (χ0v) is 26.5. The second-order valence-electron chi connectivity index (χ2n) is 12.5. The third kappa shape index (κ3) is 6.18. The topological polar surface area (TPSA) is 69.4 Å². The van der Waals surface area contributed by atoms with Crippen molar-refractivity contribution < 1.29 is 22.7 Å². The fraction of sp³-hybridized carbons (Fsp3) is 0.455. The number of rotatable bonds is 7. The van der Waals surface area contributed by atoms with E-state index in [1.165, 1.54) is 11.0 Å². The number of likely N-dealkylation sites (N-methyl/N-ethyl adjacent to an activating group) is 1. The number of carbonyl (C=O) groups is 1. The number of hydrogen-bond donors (Lipinski definition) is 0. The fourth-order valence-electron chi connectivity index (χ4n) is 6.93. The average Bonchev–Trinajstić information content (AvgIpc) is 3.31. The number of aromatic nitrogens is 2. The molecule has 0 saturated carbocycles. The number of alkyl halides is 1. The van der Waals surface area contributed by atoms with Gasteiger partial charge in [-0.05, 0) is 37.9 Å². The minimum atomic E-state index is -1.32. The average molecular weight is 654 g/mol. The van der Waals surface area contributed by atoms with Crippen molar-refractivity contribution in [3.8, 4) is 6.01 Å². The molecule has 2 fully saturated rings. The van der Waals surface area contributed by atoms with Crippen molar-refractivity contribution in [3.05, 3.63) is 76.3 Å². The Bertz CT molecular complexity index is 1730. The van der Waals surface area contributed by atoms with Gasteiger partial charge in [0.1, 0.15) is 30.0 Å². The van der Waals surface area contributed by atoms with Crippen LogP contribution in [-0.4, -0.2) is 96.4 Å². The molecule has 0 bridgehead atoms. The molecule has 3 aliphatic heterocycles. The molecule has 1 unspecified atom stereocenters. The molecule has 0 radical (unpaired) electrons. The van der Waals surface area contributed by atoms with Crippen molar-refractivity contribution in [1.82, 2.24) is 19.8 Å². The molecule has 6 rings (SSSR count). The first-order valence-corrected chi connectivity index (χ1v) is 15.6. The Morgan fingerprint density at radius 2 is 2.00 bits per heavy atom. The molecule has 9 nitrogen and oxygen atoms in total. The number of hydrogen-bond acceptors (Lipinski definition) is 7. The monoisotopic (exact) mass is 653 g/mol.